The molecule has 0 spiro atoms. The lowest BCUT2D eigenvalue weighted by Gasteiger charge is -2.22. The van der Waals surface area contributed by atoms with Crippen molar-refractivity contribution in [3.05, 3.63) is 34.3 Å². The Morgan fingerprint density at radius 2 is 2.11 bits per heavy atom. The monoisotopic (exact) mass is 346 g/mol. The zero-order valence-electron chi connectivity index (χ0n) is 10.8. The number of hydrogen-bond acceptors (Lipinski definition) is 2. The highest BCUT2D eigenvalue weighted by atomic mass is 79.9. The van der Waals surface area contributed by atoms with Gasteiger partial charge in [0.1, 0.15) is 0 Å². The molecule has 1 unspecified atom stereocenters. The molecule has 1 aromatic rings. The first kappa shape index (κ1) is 16.5. The van der Waals surface area contributed by atoms with Gasteiger partial charge in [-0.2, -0.15) is 0 Å². The number of carbonyl (C=O) groups excluding carboxylic acids is 1. The fourth-order valence-corrected chi connectivity index (χ4v) is 2.47. The van der Waals surface area contributed by atoms with Gasteiger partial charge in [-0.05, 0) is 49.5 Å². The summed E-state index contributed by atoms with van der Waals surface area (Å²) < 4.78 is 1.04. The van der Waals surface area contributed by atoms with E-state index in [4.69, 9.17) is 0 Å². The first-order chi connectivity index (χ1) is 8.74. The SMILES string of the molecule is Cl.O=C(Cc1ccc(Br)cc1)NCC1CCCNC1. The summed E-state index contributed by atoms with van der Waals surface area (Å²) in [7, 11) is 0. The van der Waals surface area contributed by atoms with Gasteiger partial charge in [-0.1, -0.05) is 28.1 Å². The molecular weight excluding hydrogens is 328 g/mol. The second kappa shape index (κ2) is 8.56. The van der Waals surface area contributed by atoms with Crippen molar-refractivity contribution >= 4 is 34.2 Å². The van der Waals surface area contributed by atoms with Crippen LogP contribution in [0.1, 0.15) is 18.4 Å². The fourth-order valence-electron chi connectivity index (χ4n) is 2.21. The van der Waals surface area contributed by atoms with Crippen molar-refractivity contribution in [3.8, 4) is 0 Å². The second-order valence-electron chi connectivity index (χ2n) is 4.82. The zero-order valence-corrected chi connectivity index (χ0v) is 13.2. The molecule has 1 aliphatic rings. The van der Waals surface area contributed by atoms with Crippen molar-refractivity contribution in [1.29, 1.82) is 0 Å². The van der Waals surface area contributed by atoms with Gasteiger partial charge in [0.2, 0.25) is 5.91 Å². The lowest BCUT2D eigenvalue weighted by molar-refractivity contribution is -0.120. The molecule has 0 aromatic heterocycles. The number of halogens is 2. The normalized spacial score (nSPS) is 18.5. The third-order valence-electron chi connectivity index (χ3n) is 3.26. The summed E-state index contributed by atoms with van der Waals surface area (Å²) >= 11 is 3.39. The van der Waals surface area contributed by atoms with E-state index in [1.807, 2.05) is 24.3 Å². The van der Waals surface area contributed by atoms with Gasteiger partial charge in [0.05, 0.1) is 6.42 Å². The summed E-state index contributed by atoms with van der Waals surface area (Å²) in [5.74, 6) is 0.704. The van der Waals surface area contributed by atoms with Crippen LogP contribution in [-0.4, -0.2) is 25.5 Å². The number of nitrogens with one attached hydrogen (secondary N) is 2. The van der Waals surface area contributed by atoms with Gasteiger partial charge < -0.3 is 10.6 Å². The van der Waals surface area contributed by atoms with Crippen molar-refractivity contribution < 1.29 is 4.79 Å². The summed E-state index contributed by atoms with van der Waals surface area (Å²) in [6.45, 7) is 2.93. The molecule has 1 aliphatic heterocycles. The summed E-state index contributed by atoms with van der Waals surface area (Å²) in [4.78, 5) is 11.8. The number of benzene rings is 1. The van der Waals surface area contributed by atoms with Crippen molar-refractivity contribution in [2.75, 3.05) is 19.6 Å². The molecular formula is C14H20BrClN2O. The molecule has 3 nitrogen and oxygen atoms in total. The molecule has 0 saturated carbocycles. The van der Waals surface area contributed by atoms with Crippen LogP contribution in [0.3, 0.4) is 0 Å². The standard InChI is InChI=1S/C14H19BrN2O.ClH/c15-13-5-3-11(4-6-13)8-14(18)17-10-12-2-1-7-16-9-12;/h3-6,12,16H,1-2,7-10H2,(H,17,18);1H. The molecule has 0 bridgehead atoms. The van der Waals surface area contributed by atoms with Crippen molar-refractivity contribution in [2.45, 2.75) is 19.3 Å². The molecule has 1 fully saturated rings. The maximum Gasteiger partial charge on any atom is 0.224 e. The summed E-state index contributed by atoms with van der Waals surface area (Å²) in [5, 5.41) is 6.38. The van der Waals surface area contributed by atoms with Crippen LogP contribution < -0.4 is 10.6 Å². The molecule has 19 heavy (non-hydrogen) atoms. The van der Waals surface area contributed by atoms with E-state index in [1.165, 1.54) is 12.8 Å². The predicted octanol–water partition coefficient (Wildman–Crippen LogP) is 2.53. The van der Waals surface area contributed by atoms with E-state index in [0.717, 1.165) is 29.7 Å². The highest BCUT2D eigenvalue weighted by molar-refractivity contribution is 9.10. The van der Waals surface area contributed by atoms with Crippen LogP contribution >= 0.6 is 28.3 Å². The van der Waals surface area contributed by atoms with Crippen molar-refractivity contribution in [2.24, 2.45) is 5.92 Å². The first-order valence-electron chi connectivity index (χ1n) is 6.46. The Balaban J connectivity index is 0.00000180. The van der Waals surface area contributed by atoms with E-state index < -0.39 is 0 Å². The molecule has 0 aliphatic carbocycles. The van der Waals surface area contributed by atoms with Crippen LogP contribution in [0, 0.1) is 5.92 Å². The second-order valence-corrected chi connectivity index (χ2v) is 5.74. The number of rotatable bonds is 4. The lowest BCUT2D eigenvalue weighted by Crippen LogP contribution is -2.38. The minimum atomic E-state index is 0. The molecule has 1 saturated heterocycles. The van der Waals surface area contributed by atoms with Gasteiger partial charge in [-0.3, -0.25) is 4.79 Å². The number of hydrogen-bond donors (Lipinski definition) is 2. The predicted molar refractivity (Wildman–Crippen MR) is 83.7 cm³/mol. The van der Waals surface area contributed by atoms with Crippen LogP contribution in [0.2, 0.25) is 0 Å². The minimum absolute atomic E-state index is 0. The van der Waals surface area contributed by atoms with Gasteiger partial charge >= 0.3 is 0 Å². The third kappa shape index (κ3) is 5.93. The fraction of sp³-hybridized carbons (Fsp3) is 0.500. The molecule has 1 aromatic carbocycles. The Labute approximate surface area is 129 Å². The summed E-state index contributed by atoms with van der Waals surface area (Å²) in [5.41, 5.74) is 1.05. The van der Waals surface area contributed by atoms with E-state index in [9.17, 15) is 4.79 Å². The smallest absolute Gasteiger partial charge is 0.224 e. The number of carbonyl (C=O) groups is 1. The average molecular weight is 348 g/mol. The van der Waals surface area contributed by atoms with E-state index in [2.05, 4.69) is 26.6 Å². The maximum absolute atomic E-state index is 11.8. The van der Waals surface area contributed by atoms with Gasteiger partial charge in [-0.25, -0.2) is 0 Å². The Morgan fingerprint density at radius 1 is 1.37 bits per heavy atom. The molecule has 1 atom stereocenters. The Bertz CT molecular complexity index is 391. The molecule has 0 radical (unpaired) electrons. The highest BCUT2D eigenvalue weighted by Crippen LogP contribution is 2.11. The van der Waals surface area contributed by atoms with Crippen molar-refractivity contribution in [1.82, 2.24) is 10.6 Å². The molecule has 2 rings (SSSR count). The average Bonchev–Trinajstić information content (AvgIpc) is 2.40. The Morgan fingerprint density at radius 3 is 2.74 bits per heavy atom. The van der Waals surface area contributed by atoms with Gasteiger partial charge in [0.15, 0.2) is 0 Å². The lowest BCUT2D eigenvalue weighted by atomic mass is 10.00. The van der Waals surface area contributed by atoms with E-state index in [0.29, 0.717) is 12.3 Å². The van der Waals surface area contributed by atoms with E-state index >= 15 is 0 Å². The summed E-state index contributed by atoms with van der Waals surface area (Å²) in [6, 6.07) is 7.89. The quantitative estimate of drug-likeness (QED) is 0.879. The van der Waals surface area contributed by atoms with Crippen LogP contribution in [0.5, 0.6) is 0 Å². The highest BCUT2D eigenvalue weighted by Gasteiger charge is 2.13. The van der Waals surface area contributed by atoms with Crippen LogP contribution in [-0.2, 0) is 11.2 Å². The van der Waals surface area contributed by atoms with Gasteiger partial charge in [-0.15, -0.1) is 12.4 Å². The number of amides is 1. The Hall–Kier alpha value is -0.580. The minimum Gasteiger partial charge on any atom is -0.355 e. The van der Waals surface area contributed by atoms with Gasteiger partial charge in [0.25, 0.3) is 0 Å². The van der Waals surface area contributed by atoms with E-state index in [1.54, 1.807) is 0 Å². The molecule has 2 N–H and O–H groups in total. The first-order valence-corrected chi connectivity index (χ1v) is 7.25. The van der Waals surface area contributed by atoms with E-state index in [-0.39, 0.29) is 18.3 Å². The molecule has 1 amide bonds. The third-order valence-corrected chi connectivity index (χ3v) is 3.79. The van der Waals surface area contributed by atoms with Crippen LogP contribution in [0.4, 0.5) is 0 Å². The van der Waals surface area contributed by atoms with Gasteiger partial charge in [0, 0.05) is 11.0 Å². The maximum atomic E-state index is 11.8. The topological polar surface area (TPSA) is 41.1 Å². The molecule has 1 heterocycles. The largest absolute Gasteiger partial charge is 0.355 e. The zero-order chi connectivity index (χ0) is 12.8. The number of piperidine rings is 1. The van der Waals surface area contributed by atoms with Crippen LogP contribution in [0.15, 0.2) is 28.7 Å². The molecule has 5 heteroatoms. The van der Waals surface area contributed by atoms with Crippen molar-refractivity contribution in [3.63, 3.8) is 0 Å². The molecule has 106 valence electrons. The van der Waals surface area contributed by atoms with Crippen LogP contribution in [0.25, 0.3) is 0 Å². The summed E-state index contributed by atoms with van der Waals surface area (Å²) in [6.07, 6.45) is 2.90. The Kier molecular flexibility index (Phi) is 7.42.